The number of rotatable bonds is 8. The molecule has 0 spiro atoms. The summed E-state index contributed by atoms with van der Waals surface area (Å²) in [6, 6.07) is 11.8. The number of likely N-dealkylation sites (tertiary alicyclic amines) is 1. The number of aromatic carboxylic acids is 1. The lowest BCUT2D eigenvalue weighted by Crippen LogP contribution is -2.40. The zero-order valence-electron chi connectivity index (χ0n) is 23.1. The molecule has 1 N–H and O–H groups in total. The molecule has 1 fully saturated rings. The van der Waals surface area contributed by atoms with E-state index in [2.05, 4.69) is 10.1 Å². The van der Waals surface area contributed by atoms with Crippen molar-refractivity contribution in [1.29, 1.82) is 0 Å². The Morgan fingerprint density at radius 2 is 1.84 bits per heavy atom. The van der Waals surface area contributed by atoms with Crippen molar-refractivity contribution in [1.82, 2.24) is 19.7 Å². The van der Waals surface area contributed by atoms with E-state index in [9.17, 15) is 36.2 Å². The average Bonchev–Trinajstić information content (AvgIpc) is 3.43. The lowest BCUT2D eigenvalue weighted by atomic mass is 9.90. The number of carbonyl (C=O) groups is 1. The number of ether oxygens (including phenoxy) is 1. The van der Waals surface area contributed by atoms with Gasteiger partial charge < -0.3 is 9.84 Å². The smallest absolute Gasteiger partial charge is 0.434 e. The van der Waals surface area contributed by atoms with Gasteiger partial charge in [-0.15, -0.1) is 11.6 Å². The summed E-state index contributed by atoms with van der Waals surface area (Å²) in [7, 11) is 0. The molecule has 0 saturated carbocycles. The van der Waals surface area contributed by atoms with Crippen molar-refractivity contribution in [3.8, 4) is 5.82 Å². The van der Waals surface area contributed by atoms with E-state index in [1.54, 1.807) is 18.2 Å². The normalized spacial score (nSPS) is 19.8. The van der Waals surface area contributed by atoms with E-state index in [0.717, 1.165) is 17.5 Å². The summed E-state index contributed by atoms with van der Waals surface area (Å²) in [5, 5.41) is 12.3. The molecule has 3 aromatic rings. The van der Waals surface area contributed by atoms with Crippen LogP contribution in [0.1, 0.15) is 58.1 Å². The minimum absolute atomic E-state index is 0.0105. The highest BCUT2D eigenvalue weighted by Gasteiger charge is 2.41. The molecule has 2 aliphatic rings. The van der Waals surface area contributed by atoms with Crippen LogP contribution < -0.4 is 0 Å². The number of alkyl halides is 7. The van der Waals surface area contributed by atoms with E-state index in [-0.39, 0.29) is 24.0 Å². The van der Waals surface area contributed by atoms with E-state index >= 15 is 0 Å². The molecule has 0 amide bonds. The Morgan fingerprint density at radius 1 is 1.09 bits per heavy atom. The Balaban J connectivity index is 1.35. The second-order valence-electron chi connectivity index (χ2n) is 10.6. The number of hydrogen-bond acceptors (Lipinski definition) is 5. The van der Waals surface area contributed by atoms with Gasteiger partial charge in [0.05, 0.1) is 23.8 Å². The number of aromatic nitrogens is 3. The van der Waals surface area contributed by atoms with E-state index < -0.39 is 41.5 Å². The molecule has 0 bridgehead atoms. The van der Waals surface area contributed by atoms with Crippen LogP contribution in [-0.4, -0.2) is 61.9 Å². The first kappa shape index (κ1) is 31.6. The van der Waals surface area contributed by atoms with Gasteiger partial charge in [0.2, 0.25) is 0 Å². The SMILES string of the molecule is O=C(O)c1cnn(-c2cccc(C3=C(OCc4ccc(C5CCCN(CC(F)(F)F)C5)cc4)[C@@H](Cl)CC=C3)n2)c1C(F)(F)F. The van der Waals surface area contributed by atoms with Gasteiger partial charge in [0.25, 0.3) is 0 Å². The lowest BCUT2D eigenvalue weighted by Gasteiger charge is -2.33. The summed E-state index contributed by atoms with van der Waals surface area (Å²) >= 11 is 6.58. The summed E-state index contributed by atoms with van der Waals surface area (Å²) in [5.41, 5.74) is -0.0354. The zero-order chi connectivity index (χ0) is 31.6. The standard InChI is InChI=1S/C30H27ClF6N4O3/c31-23-6-1-5-21(24-7-2-8-25(39-24)41-27(30(35,36)37)22(14-38-41)28(42)43)26(23)44-16-18-9-11-19(12-10-18)20-4-3-13-40(15-20)17-29(32,33)34/h1-2,5,7-12,14,20,23H,3-4,6,13,15-17H2,(H,42,43)/t20?,23-/m0/s1. The first-order valence-corrected chi connectivity index (χ1v) is 14.2. The maximum absolute atomic E-state index is 13.8. The van der Waals surface area contributed by atoms with Crippen molar-refractivity contribution >= 4 is 23.1 Å². The summed E-state index contributed by atoms with van der Waals surface area (Å²) in [6.45, 7) is -0.0634. The number of hydrogen-bond donors (Lipinski definition) is 1. The van der Waals surface area contributed by atoms with Gasteiger partial charge in [0.15, 0.2) is 11.5 Å². The molecule has 7 nitrogen and oxygen atoms in total. The van der Waals surface area contributed by atoms with Gasteiger partial charge in [-0.25, -0.2) is 14.5 Å². The van der Waals surface area contributed by atoms with Crippen LogP contribution in [0.15, 0.2) is 66.6 Å². The Hall–Kier alpha value is -3.84. The number of carboxylic acid groups (broad SMARTS) is 1. The highest BCUT2D eigenvalue weighted by molar-refractivity contribution is 6.23. The first-order chi connectivity index (χ1) is 20.8. The van der Waals surface area contributed by atoms with Crippen LogP contribution in [0.2, 0.25) is 0 Å². The minimum atomic E-state index is -5.00. The van der Waals surface area contributed by atoms with Gasteiger partial charge in [0.1, 0.15) is 17.9 Å². The van der Waals surface area contributed by atoms with Crippen molar-refractivity contribution in [2.45, 2.75) is 49.5 Å². The fourth-order valence-corrected chi connectivity index (χ4v) is 5.74. The highest BCUT2D eigenvalue weighted by atomic mass is 35.5. The number of halogens is 7. The van der Waals surface area contributed by atoms with Crippen molar-refractivity contribution in [3.05, 3.63) is 94.7 Å². The number of benzene rings is 1. The van der Waals surface area contributed by atoms with E-state index in [1.807, 2.05) is 24.3 Å². The summed E-state index contributed by atoms with van der Waals surface area (Å²) in [5.74, 6) is -1.66. The number of allylic oxidation sites excluding steroid dienone is 4. The highest BCUT2D eigenvalue weighted by Crippen LogP contribution is 2.35. The van der Waals surface area contributed by atoms with E-state index in [0.29, 0.717) is 48.1 Å². The second kappa shape index (κ2) is 12.6. The van der Waals surface area contributed by atoms with Crippen molar-refractivity contribution < 1.29 is 41.0 Å². The van der Waals surface area contributed by atoms with Crippen LogP contribution >= 0.6 is 11.6 Å². The van der Waals surface area contributed by atoms with Crippen LogP contribution in [0.3, 0.4) is 0 Å². The van der Waals surface area contributed by atoms with Crippen molar-refractivity contribution in [3.63, 3.8) is 0 Å². The fraction of sp³-hybridized carbons (Fsp3) is 0.367. The topological polar surface area (TPSA) is 80.5 Å². The molecule has 234 valence electrons. The Labute approximate surface area is 253 Å². The number of nitrogens with zero attached hydrogens (tertiary/aromatic N) is 4. The van der Waals surface area contributed by atoms with Gasteiger partial charge >= 0.3 is 18.3 Å². The minimum Gasteiger partial charge on any atom is -0.491 e. The van der Waals surface area contributed by atoms with Crippen LogP contribution in [0.25, 0.3) is 11.4 Å². The molecule has 1 unspecified atom stereocenters. The molecule has 44 heavy (non-hydrogen) atoms. The predicted molar refractivity (Wildman–Crippen MR) is 149 cm³/mol. The van der Waals surface area contributed by atoms with Crippen LogP contribution in [0.5, 0.6) is 0 Å². The monoisotopic (exact) mass is 640 g/mol. The maximum Gasteiger partial charge on any atom is 0.434 e. The third-order valence-corrected chi connectivity index (χ3v) is 7.80. The van der Waals surface area contributed by atoms with Crippen LogP contribution in [-0.2, 0) is 17.5 Å². The number of carboxylic acids is 1. The van der Waals surface area contributed by atoms with Gasteiger partial charge in [-0.05, 0) is 55.0 Å². The van der Waals surface area contributed by atoms with Crippen LogP contribution in [0.4, 0.5) is 26.3 Å². The summed E-state index contributed by atoms with van der Waals surface area (Å²) in [6.07, 6.45) is -3.21. The van der Waals surface area contributed by atoms with Crippen molar-refractivity contribution in [2.75, 3.05) is 19.6 Å². The third-order valence-electron chi connectivity index (χ3n) is 7.43. The van der Waals surface area contributed by atoms with Crippen LogP contribution in [0, 0.1) is 0 Å². The van der Waals surface area contributed by atoms with E-state index in [4.69, 9.17) is 16.3 Å². The third kappa shape index (κ3) is 7.27. The summed E-state index contributed by atoms with van der Waals surface area (Å²) in [4.78, 5) is 17.2. The van der Waals surface area contributed by atoms with Gasteiger partial charge in [0, 0.05) is 12.1 Å². The Bertz CT molecular complexity index is 1570. The molecule has 1 aliphatic heterocycles. The number of pyridine rings is 1. The molecular formula is C30H27ClF6N4O3. The molecule has 0 radical (unpaired) electrons. The molecule has 2 aromatic heterocycles. The molecular weight excluding hydrogens is 614 g/mol. The van der Waals surface area contributed by atoms with Gasteiger partial charge in [-0.3, -0.25) is 4.90 Å². The Kier molecular flexibility index (Phi) is 9.07. The molecule has 2 atom stereocenters. The quantitative estimate of drug-likeness (QED) is 0.207. The molecule has 1 saturated heterocycles. The largest absolute Gasteiger partial charge is 0.491 e. The maximum atomic E-state index is 13.8. The lowest BCUT2D eigenvalue weighted by molar-refractivity contribution is -0.148. The average molecular weight is 641 g/mol. The molecule has 1 aliphatic carbocycles. The molecule has 3 heterocycles. The van der Waals surface area contributed by atoms with Gasteiger partial charge in [-0.1, -0.05) is 42.5 Å². The molecule has 5 rings (SSSR count). The fourth-order valence-electron chi connectivity index (χ4n) is 5.46. The van der Waals surface area contributed by atoms with Gasteiger partial charge in [-0.2, -0.15) is 31.4 Å². The molecule has 14 heteroatoms. The zero-order valence-corrected chi connectivity index (χ0v) is 23.8. The van der Waals surface area contributed by atoms with Crippen molar-refractivity contribution in [2.24, 2.45) is 0 Å². The first-order valence-electron chi connectivity index (χ1n) is 13.7. The predicted octanol–water partition coefficient (Wildman–Crippen LogP) is 7.22. The summed E-state index contributed by atoms with van der Waals surface area (Å²) < 4.78 is 86.5. The number of piperidine rings is 1. The molecule has 1 aromatic carbocycles. The van der Waals surface area contributed by atoms with E-state index in [1.165, 1.54) is 17.0 Å². The Morgan fingerprint density at radius 3 is 2.52 bits per heavy atom. The second-order valence-corrected chi connectivity index (χ2v) is 11.1.